The Hall–Kier alpha value is -1.31. The zero-order chi connectivity index (χ0) is 13.9. The Kier molecular flexibility index (Phi) is 4.55. The Labute approximate surface area is 119 Å². The zero-order valence-corrected chi connectivity index (χ0v) is 12.3. The number of rotatable bonds is 4. The molecule has 1 rings (SSSR count). The van der Waals surface area contributed by atoms with Crippen LogP contribution < -0.4 is 11.1 Å². The van der Waals surface area contributed by atoms with Gasteiger partial charge in [0.2, 0.25) is 5.91 Å². The fourth-order valence-electron chi connectivity index (χ4n) is 1.14. The molecule has 0 saturated heterocycles. The molecule has 0 aromatic heterocycles. The van der Waals surface area contributed by atoms with Crippen molar-refractivity contribution in [3.63, 3.8) is 0 Å². The maximum Gasteiger partial charge on any atom is 0.251 e. The van der Waals surface area contributed by atoms with Crippen LogP contribution in [0.5, 0.6) is 5.75 Å². The molecule has 0 saturated carbocycles. The second-order valence-corrected chi connectivity index (χ2v) is 5.76. The number of carbonyl (C=O) groups excluding carboxylic acids is 2. The lowest BCUT2D eigenvalue weighted by Crippen LogP contribution is -2.42. The third kappa shape index (κ3) is 3.59. The third-order valence-electron chi connectivity index (χ3n) is 2.57. The number of nitrogens with one attached hydrogen (secondary N) is 1. The van der Waals surface area contributed by atoms with E-state index in [1.54, 1.807) is 26.0 Å². The van der Waals surface area contributed by atoms with Crippen LogP contribution in [0.25, 0.3) is 0 Å². The highest BCUT2D eigenvalue weighted by atomic mass is 127. The quantitative estimate of drug-likeness (QED) is 0.704. The van der Waals surface area contributed by atoms with E-state index >= 15 is 0 Å². The second-order valence-electron chi connectivity index (χ2n) is 4.60. The molecular formula is C12H15IN2O3. The van der Waals surface area contributed by atoms with Crippen molar-refractivity contribution in [2.45, 2.75) is 13.8 Å². The second kappa shape index (κ2) is 5.55. The number of nitrogens with two attached hydrogens (primary N) is 1. The van der Waals surface area contributed by atoms with E-state index in [1.807, 2.05) is 22.6 Å². The van der Waals surface area contributed by atoms with Crippen molar-refractivity contribution in [3.05, 3.63) is 27.3 Å². The number of aromatic hydroxyl groups is 1. The number of hydrogen-bond donors (Lipinski definition) is 3. The summed E-state index contributed by atoms with van der Waals surface area (Å²) in [6.07, 6.45) is 0. The van der Waals surface area contributed by atoms with Gasteiger partial charge in [-0.25, -0.2) is 0 Å². The number of amides is 2. The highest BCUT2D eigenvalue weighted by Crippen LogP contribution is 2.20. The topological polar surface area (TPSA) is 92.4 Å². The predicted molar refractivity (Wildman–Crippen MR) is 76.1 cm³/mol. The molecule has 0 heterocycles. The minimum absolute atomic E-state index is 0.0532. The fourth-order valence-corrected chi connectivity index (χ4v) is 1.48. The predicted octanol–water partition coefficient (Wildman–Crippen LogP) is 1.24. The van der Waals surface area contributed by atoms with Gasteiger partial charge in [0.05, 0.1) is 8.99 Å². The monoisotopic (exact) mass is 362 g/mol. The van der Waals surface area contributed by atoms with E-state index in [2.05, 4.69) is 5.32 Å². The summed E-state index contributed by atoms with van der Waals surface area (Å²) in [5.41, 5.74) is 4.74. The van der Waals surface area contributed by atoms with E-state index in [0.29, 0.717) is 9.13 Å². The standard InChI is InChI=1S/C12H15IN2O3/c1-12(2,11(14)18)6-15-10(17)7-3-4-8(13)9(16)5-7/h3-5,16H,6H2,1-2H3,(H2,14,18)(H,15,17). The van der Waals surface area contributed by atoms with Gasteiger partial charge in [0.1, 0.15) is 5.75 Å². The Bertz CT molecular complexity index is 486. The SMILES string of the molecule is CC(C)(CNC(=O)c1ccc(I)c(O)c1)C(N)=O. The average molecular weight is 362 g/mol. The first-order chi connectivity index (χ1) is 8.24. The van der Waals surface area contributed by atoms with Crippen LogP contribution in [-0.2, 0) is 4.79 Å². The normalized spacial score (nSPS) is 11.1. The van der Waals surface area contributed by atoms with Crippen molar-refractivity contribution < 1.29 is 14.7 Å². The molecule has 5 nitrogen and oxygen atoms in total. The molecule has 98 valence electrons. The lowest BCUT2D eigenvalue weighted by molar-refractivity contribution is -0.125. The molecule has 0 radical (unpaired) electrons. The zero-order valence-electron chi connectivity index (χ0n) is 10.2. The van der Waals surface area contributed by atoms with Crippen LogP contribution in [-0.4, -0.2) is 23.5 Å². The third-order valence-corrected chi connectivity index (χ3v) is 3.48. The van der Waals surface area contributed by atoms with Crippen LogP contribution in [0.4, 0.5) is 0 Å². The van der Waals surface area contributed by atoms with E-state index in [0.717, 1.165) is 0 Å². The molecule has 0 fully saturated rings. The lowest BCUT2D eigenvalue weighted by Gasteiger charge is -2.20. The number of phenolic OH excluding ortho intramolecular Hbond substituents is 1. The highest BCUT2D eigenvalue weighted by Gasteiger charge is 2.25. The maximum atomic E-state index is 11.8. The van der Waals surface area contributed by atoms with Crippen molar-refractivity contribution in [1.29, 1.82) is 0 Å². The Morgan fingerprint density at radius 3 is 2.56 bits per heavy atom. The molecule has 0 aliphatic rings. The minimum Gasteiger partial charge on any atom is -0.507 e. The van der Waals surface area contributed by atoms with Gasteiger partial charge < -0.3 is 16.2 Å². The van der Waals surface area contributed by atoms with Crippen LogP contribution in [0.2, 0.25) is 0 Å². The van der Waals surface area contributed by atoms with E-state index in [-0.39, 0.29) is 18.2 Å². The number of carbonyl (C=O) groups is 2. The molecule has 0 spiro atoms. The molecule has 18 heavy (non-hydrogen) atoms. The van der Waals surface area contributed by atoms with Gasteiger partial charge in [0.25, 0.3) is 5.91 Å². The summed E-state index contributed by atoms with van der Waals surface area (Å²) in [5, 5.41) is 12.1. The molecule has 0 bridgehead atoms. The van der Waals surface area contributed by atoms with Crippen molar-refractivity contribution in [1.82, 2.24) is 5.32 Å². The van der Waals surface area contributed by atoms with Gasteiger partial charge in [-0.05, 0) is 54.6 Å². The van der Waals surface area contributed by atoms with Gasteiger partial charge in [-0.15, -0.1) is 0 Å². The van der Waals surface area contributed by atoms with Crippen molar-refractivity contribution in [2.75, 3.05) is 6.54 Å². The molecule has 0 aliphatic heterocycles. The van der Waals surface area contributed by atoms with Crippen LogP contribution in [0.1, 0.15) is 24.2 Å². The first-order valence-corrected chi connectivity index (χ1v) is 6.38. The minimum atomic E-state index is -0.805. The lowest BCUT2D eigenvalue weighted by atomic mass is 9.92. The molecule has 1 aromatic rings. The summed E-state index contributed by atoms with van der Waals surface area (Å²) < 4.78 is 0.668. The molecule has 4 N–H and O–H groups in total. The van der Waals surface area contributed by atoms with Crippen LogP contribution in [0, 0.1) is 8.99 Å². The van der Waals surface area contributed by atoms with Crippen LogP contribution in [0.3, 0.4) is 0 Å². The van der Waals surface area contributed by atoms with Gasteiger partial charge in [0, 0.05) is 12.1 Å². The number of benzene rings is 1. The Balaban J connectivity index is 2.72. The van der Waals surface area contributed by atoms with Crippen LogP contribution in [0.15, 0.2) is 18.2 Å². The number of hydrogen-bond acceptors (Lipinski definition) is 3. The smallest absolute Gasteiger partial charge is 0.251 e. The molecule has 0 atom stereocenters. The van der Waals surface area contributed by atoms with E-state index in [1.165, 1.54) is 6.07 Å². The largest absolute Gasteiger partial charge is 0.507 e. The summed E-state index contributed by atoms with van der Waals surface area (Å²) in [5.74, 6) is -0.776. The van der Waals surface area contributed by atoms with Gasteiger partial charge in [0.15, 0.2) is 0 Å². The van der Waals surface area contributed by atoms with E-state index < -0.39 is 11.3 Å². The van der Waals surface area contributed by atoms with Crippen molar-refractivity contribution in [3.8, 4) is 5.75 Å². The average Bonchev–Trinajstić information content (AvgIpc) is 2.29. The summed E-state index contributed by atoms with van der Waals surface area (Å²) in [6, 6.07) is 4.63. The fraction of sp³-hybridized carbons (Fsp3) is 0.333. The first-order valence-electron chi connectivity index (χ1n) is 5.30. The first kappa shape index (κ1) is 14.7. The molecule has 0 aliphatic carbocycles. The number of primary amides is 1. The molecule has 2 amide bonds. The summed E-state index contributed by atoms with van der Waals surface area (Å²) >= 11 is 1.96. The van der Waals surface area contributed by atoms with Gasteiger partial charge in [-0.3, -0.25) is 9.59 Å². The van der Waals surface area contributed by atoms with Crippen LogP contribution >= 0.6 is 22.6 Å². The molecule has 6 heteroatoms. The maximum absolute atomic E-state index is 11.8. The number of halogens is 1. The van der Waals surface area contributed by atoms with E-state index in [4.69, 9.17) is 5.73 Å². The number of phenols is 1. The Morgan fingerprint density at radius 1 is 1.44 bits per heavy atom. The van der Waals surface area contributed by atoms with Gasteiger partial charge >= 0.3 is 0 Å². The van der Waals surface area contributed by atoms with Gasteiger partial charge in [-0.1, -0.05) is 0 Å². The molecular weight excluding hydrogens is 347 g/mol. The summed E-state index contributed by atoms with van der Waals surface area (Å²) in [6.45, 7) is 3.45. The molecule has 0 unspecified atom stereocenters. The summed E-state index contributed by atoms with van der Waals surface area (Å²) in [7, 11) is 0. The highest BCUT2D eigenvalue weighted by molar-refractivity contribution is 14.1. The summed E-state index contributed by atoms with van der Waals surface area (Å²) in [4.78, 5) is 22.9. The molecule has 1 aromatic carbocycles. The Morgan fingerprint density at radius 2 is 2.06 bits per heavy atom. The van der Waals surface area contributed by atoms with Crippen molar-refractivity contribution in [2.24, 2.45) is 11.1 Å². The van der Waals surface area contributed by atoms with E-state index in [9.17, 15) is 14.7 Å². The van der Waals surface area contributed by atoms with Crippen molar-refractivity contribution >= 4 is 34.4 Å². The van der Waals surface area contributed by atoms with Gasteiger partial charge in [-0.2, -0.15) is 0 Å².